The van der Waals surface area contributed by atoms with Crippen LogP contribution < -0.4 is 10.6 Å². The Labute approximate surface area is 619 Å². The second-order valence-electron chi connectivity index (χ2n) is 35.6. The zero-order chi connectivity index (χ0) is 74.4. The first-order chi connectivity index (χ1) is 49.3. The lowest BCUT2D eigenvalue weighted by Crippen LogP contribution is -2.69. The van der Waals surface area contributed by atoms with E-state index in [1.807, 2.05) is 139 Å². The number of unbranched alkanes of at least 4 members (excludes halogenated alkanes) is 2. The molecule has 19 nitrogen and oxygen atoms in total. The Balaban J connectivity index is 0.850. The van der Waals surface area contributed by atoms with Crippen LogP contribution in [0.25, 0.3) is 0 Å². The monoisotopic (exact) mass is 1440 g/mol. The number of aliphatic hydroxyl groups is 1. The maximum atomic E-state index is 16.8. The number of methoxy groups -OCH3 is 1. The summed E-state index contributed by atoms with van der Waals surface area (Å²) in [5, 5.41) is 18.5. The third-order valence-electron chi connectivity index (χ3n) is 26.6. The van der Waals surface area contributed by atoms with Crippen LogP contribution in [0.3, 0.4) is 0 Å². The van der Waals surface area contributed by atoms with Gasteiger partial charge in [-0.15, -0.1) is 0 Å². The molecule has 0 radical (unpaired) electrons. The van der Waals surface area contributed by atoms with Crippen molar-refractivity contribution in [3.05, 3.63) is 119 Å². The smallest absolute Gasteiger partial charge is 0.407 e. The summed E-state index contributed by atoms with van der Waals surface area (Å²) < 4.78 is 89.1. The first-order valence-corrected chi connectivity index (χ1v) is 39.2. The fourth-order valence-electron chi connectivity index (χ4n) is 20.6. The third kappa shape index (κ3) is 16.2. The van der Waals surface area contributed by atoms with Crippen molar-refractivity contribution < 1.29 is 81.1 Å². The largest absolute Gasteiger partial charge is 0.444 e. The summed E-state index contributed by atoms with van der Waals surface area (Å²) in [6.07, 6.45) is 2.09. The van der Waals surface area contributed by atoms with E-state index in [9.17, 15) is 14.7 Å². The van der Waals surface area contributed by atoms with Crippen LogP contribution in [0.1, 0.15) is 204 Å². The predicted molar refractivity (Wildman–Crippen MR) is 393 cm³/mol. The summed E-state index contributed by atoms with van der Waals surface area (Å²) >= 11 is 0. The van der Waals surface area contributed by atoms with Gasteiger partial charge in [0.1, 0.15) is 47.6 Å². The Kier molecular flexibility index (Phi) is 23.9. The summed E-state index contributed by atoms with van der Waals surface area (Å²) in [5.74, 6) is -2.18. The standard InChI is InChI=1S/C85H124N2O17/c1-52-38-40-81(12)63-37-36-59-60-45-79(8,9)42-43-85(60,65(92-16)46-83(59,14)82(63,13)41-39-64(81)84(52,15)91)76(89)101-74-69(53(2)67(61(98-74)50-93-47-56-29-21-17-22-30-56)87-66(88)35-27-20-28-44-86-77(90)104-78(5,6)7)99-75-72-71(102-80(10,11)103-72)70(55(4)97-75)100-73-54(3)68(95-49-58-33-25-19-26-34-58)62(51-96-73)94-48-57-31-23-18-24-32-57/h17-19,21-26,29-34,36,52-55,60-65,67-75,91H,20,27-28,35,37-51H2,1-16H3,(H,86,90)(H,87,88)/t52-,53?,54?,55+,60?,61-,62?,63?,64+,65?,67?,68?,69?,70?,71?,72?,73-,74-,75-,81?,82-,83+,84-,85+/m0/s1. The van der Waals surface area contributed by atoms with E-state index in [-0.39, 0.29) is 77.5 Å². The molecule has 104 heavy (non-hydrogen) atoms. The second-order valence-corrected chi connectivity index (χ2v) is 35.6. The number of rotatable bonds is 24. The number of carbonyl (C=O) groups is 3. The van der Waals surface area contributed by atoms with Gasteiger partial charge in [-0.05, 0) is 181 Å². The van der Waals surface area contributed by atoms with E-state index in [2.05, 4.69) is 72.1 Å². The number of amides is 2. The van der Waals surface area contributed by atoms with Crippen molar-refractivity contribution in [2.45, 2.75) is 304 Å². The maximum Gasteiger partial charge on any atom is 0.407 e. The van der Waals surface area contributed by atoms with Crippen LogP contribution in [0.2, 0.25) is 0 Å². The van der Waals surface area contributed by atoms with Gasteiger partial charge in [0, 0.05) is 31.9 Å². The normalized spacial score (nSPS) is 40.0. The topological polar surface area (TPSA) is 215 Å². The number of hydrogen-bond donors (Lipinski definition) is 3. The fraction of sp³-hybridized carbons (Fsp3) is 0.729. The first-order valence-electron chi connectivity index (χ1n) is 39.2. The van der Waals surface area contributed by atoms with Gasteiger partial charge in [-0.2, -0.15) is 0 Å². The number of fused-ring (bicyclic) bond motifs is 8. The highest BCUT2D eigenvalue weighted by Crippen LogP contribution is 2.76. The summed E-state index contributed by atoms with van der Waals surface area (Å²) in [4.78, 5) is 43.8. The van der Waals surface area contributed by atoms with Crippen LogP contribution in [0.5, 0.6) is 0 Å². The summed E-state index contributed by atoms with van der Waals surface area (Å²) in [5.41, 5.74) is 1.19. The second kappa shape index (κ2) is 31.6. The van der Waals surface area contributed by atoms with E-state index >= 15 is 4.79 Å². The quantitative estimate of drug-likeness (QED) is 0.0432. The Hall–Kier alpha value is -4.87. The molecule has 24 atom stereocenters. The number of benzene rings is 3. The van der Waals surface area contributed by atoms with Gasteiger partial charge in [-0.1, -0.05) is 164 Å². The Bertz CT molecular complexity index is 3400. The number of nitrogens with one attached hydrogen (secondary N) is 2. The number of carbonyl (C=O) groups excluding carboxylic acids is 3. The molecule has 3 N–H and O–H groups in total. The summed E-state index contributed by atoms with van der Waals surface area (Å²) in [7, 11) is 1.77. The summed E-state index contributed by atoms with van der Waals surface area (Å²) in [6, 6.07) is 29.3. The zero-order valence-corrected chi connectivity index (χ0v) is 65.1. The number of hydrogen-bond acceptors (Lipinski definition) is 17. The highest BCUT2D eigenvalue weighted by Gasteiger charge is 2.73. The summed E-state index contributed by atoms with van der Waals surface area (Å²) in [6.45, 7) is 33.3. The van der Waals surface area contributed by atoms with Crippen molar-refractivity contribution in [2.75, 3.05) is 26.9 Å². The average Bonchev–Trinajstić information content (AvgIpc) is 1.66. The van der Waals surface area contributed by atoms with E-state index in [0.29, 0.717) is 57.8 Å². The van der Waals surface area contributed by atoms with Crippen molar-refractivity contribution in [2.24, 2.45) is 62.6 Å². The molecule has 19 heteroatoms. The van der Waals surface area contributed by atoms with E-state index in [0.717, 1.165) is 61.6 Å². The SMILES string of the molecule is COC1C[C@]2(C)C(=CCC3C4(C)CC[C@H](C)[C@](C)(O)[C@@H]4CC[C@@]32C)C2CC(C)(C)CC[C@]12C(=O)O[C@@H]1O[C@@H](COCc2ccccc2)C(NC(=O)CCCCCNC(=O)OC(C)(C)C)C(C)C1O[C@@H]1O[C@H](C)C(O[C@@H]2OCC(OCc3ccccc3)C(OCc3ccccc3)C2C)C2OC(C)(C)OC21. The molecule has 3 aromatic carbocycles. The van der Waals surface area contributed by atoms with Crippen molar-refractivity contribution in [3.63, 3.8) is 0 Å². The molecule has 3 aromatic rings. The Morgan fingerprint density at radius 3 is 1.97 bits per heavy atom. The van der Waals surface area contributed by atoms with Crippen LogP contribution in [0, 0.1) is 62.6 Å². The van der Waals surface area contributed by atoms with Crippen LogP contribution in [0.4, 0.5) is 4.79 Å². The molecule has 12 rings (SSSR count). The average molecular weight is 1450 g/mol. The van der Waals surface area contributed by atoms with E-state index in [4.69, 9.17) is 61.6 Å². The zero-order valence-electron chi connectivity index (χ0n) is 65.1. The van der Waals surface area contributed by atoms with Gasteiger partial charge >= 0.3 is 12.1 Å². The molecular formula is C85H124N2O17. The third-order valence-corrected chi connectivity index (χ3v) is 26.6. The van der Waals surface area contributed by atoms with Gasteiger partial charge in [0.15, 0.2) is 18.4 Å². The first kappa shape index (κ1) is 78.7. The van der Waals surface area contributed by atoms with Crippen LogP contribution >= 0.6 is 0 Å². The molecule has 0 spiro atoms. The highest BCUT2D eigenvalue weighted by molar-refractivity contribution is 5.80. The minimum absolute atomic E-state index is 0.0363. The molecule has 0 aromatic heterocycles. The van der Waals surface area contributed by atoms with Gasteiger partial charge in [0.05, 0.1) is 63.0 Å². The van der Waals surface area contributed by atoms with E-state index in [1.165, 1.54) is 5.57 Å². The molecule has 4 saturated carbocycles. The van der Waals surface area contributed by atoms with Gasteiger partial charge in [0.2, 0.25) is 12.2 Å². The molecule has 4 heterocycles. The van der Waals surface area contributed by atoms with Crippen molar-refractivity contribution in [1.82, 2.24) is 10.6 Å². The van der Waals surface area contributed by atoms with E-state index < -0.39 is 120 Å². The van der Waals surface area contributed by atoms with Gasteiger partial charge in [-0.25, -0.2) is 4.79 Å². The molecule has 13 unspecified atom stereocenters. The molecule has 576 valence electrons. The molecule has 4 saturated heterocycles. The number of allylic oxidation sites excluding steroid dienone is 2. The van der Waals surface area contributed by atoms with Crippen molar-refractivity contribution >= 4 is 18.0 Å². The van der Waals surface area contributed by atoms with Gasteiger partial charge < -0.3 is 77.3 Å². The van der Waals surface area contributed by atoms with E-state index in [1.54, 1.807) is 7.11 Å². The van der Waals surface area contributed by atoms with Crippen LogP contribution in [-0.4, -0.2) is 147 Å². The minimum atomic E-state index is -1.36. The number of alkyl carbamates (subject to hydrolysis) is 1. The van der Waals surface area contributed by atoms with Crippen molar-refractivity contribution in [1.29, 1.82) is 0 Å². The number of ether oxygens (including phenoxy) is 13. The lowest BCUT2D eigenvalue weighted by atomic mass is 9.33. The molecule has 8 fully saturated rings. The lowest BCUT2D eigenvalue weighted by Gasteiger charge is -2.71. The Morgan fingerprint density at radius 2 is 1.31 bits per heavy atom. The predicted octanol–water partition coefficient (Wildman–Crippen LogP) is 14.7. The number of esters is 1. The van der Waals surface area contributed by atoms with Crippen LogP contribution in [-0.2, 0) is 91.0 Å². The van der Waals surface area contributed by atoms with Crippen molar-refractivity contribution in [3.8, 4) is 0 Å². The van der Waals surface area contributed by atoms with Crippen LogP contribution in [0.15, 0.2) is 103 Å². The van der Waals surface area contributed by atoms with Gasteiger partial charge in [0.25, 0.3) is 0 Å². The Morgan fingerprint density at radius 1 is 0.663 bits per heavy atom. The molecule has 9 aliphatic rings. The molecule has 0 bridgehead atoms. The minimum Gasteiger partial charge on any atom is -0.444 e. The molecular weight excluding hydrogens is 1320 g/mol. The molecule has 5 aliphatic carbocycles. The molecule has 4 aliphatic heterocycles. The maximum absolute atomic E-state index is 16.8. The lowest BCUT2D eigenvalue weighted by molar-refractivity contribution is -0.354. The van der Waals surface area contributed by atoms with Gasteiger partial charge in [-0.3, -0.25) is 9.59 Å². The highest BCUT2D eigenvalue weighted by atomic mass is 16.8. The fourth-order valence-corrected chi connectivity index (χ4v) is 20.6. The molecule has 2 amide bonds.